The molecule has 1 saturated heterocycles. The first-order chi connectivity index (χ1) is 12.6. The van der Waals surface area contributed by atoms with Crippen LogP contribution in [-0.2, 0) is 5.60 Å². The Morgan fingerprint density at radius 2 is 1.69 bits per heavy atom. The quantitative estimate of drug-likeness (QED) is 0.775. The number of ether oxygens (including phenoxy) is 2. The van der Waals surface area contributed by atoms with Crippen molar-refractivity contribution in [2.24, 2.45) is 0 Å². The van der Waals surface area contributed by atoms with E-state index >= 15 is 0 Å². The molecule has 1 aromatic heterocycles. The maximum Gasteiger partial charge on any atom is 0.298 e. The van der Waals surface area contributed by atoms with Crippen LogP contribution in [0.2, 0.25) is 0 Å². The standard InChI is InChI=1S/C20H22N2O4/c1-24-15-11-14(12-16(13-15)25-2)20(23)7-9-22(10-8-20)19-21-17-5-3-4-6-18(17)26-19/h3-6,11-13,23H,7-10H2,1-2H3. The Bertz CT molecular complexity index is 858. The van der Waals surface area contributed by atoms with Crippen molar-refractivity contribution in [1.29, 1.82) is 0 Å². The van der Waals surface area contributed by atoms with E-state index in [0.29, 0.717) is 43.4 Å². The van der Waals surface area contributed by atoms with Gasteiger partial charge in [-0.1, -0.05) is 12.1 Å². The van der Waals surface area contributed by atoms with E-state index in [1.807, 2.05) is 36.4 Å². The SMILES string of the molecule is COc1cc(OC)cc(C2(O)CCN(c3nc4ccccc4o3)CC2)c1. The van der Waals surface area contributed by atoms with Gasteiger partial charge in [0.05, 0.1) is 19.8 Å². The highest BCUT2D eigenvalue weighted by molar-refractivity contribution is 5.74. The van der Waals surface area contributed by atoms with Crippen molar-refractivity contribution in [3.8, 4) is 11.5 Å². The number of methoxy groups -OCH3 is 2. The van der Waals surface area contributed by atoms with Gasteiger partial charge >= 0.3 is 0 Å². The van der Waals surface area contributed by atoms with Gasteiger partial charge in [-0.15, -0.1) is 0 Å². The number of fused-ring (bicyclic) bond motifs is 1. The summed E-state index contributed by atoms with van der Waals surface area (Å²) in [5.74, 6) is 1.35. The summed E-state index contributed by atoms with van der Waals surface area (Å²) >= 11 is 0. The van der Waals surface area contributed by atoms with Gasteiger partial charge in [-0.25, -0.2) is 0 Å². The fourth-order valence-electron chi connectivity index (χ4n) is 3.43. The number of aliphatic hydroxyl groups is 1. The summed E-state index contributed by atoms with van der Waals surface area (Å²) in [6.07, 6.45) is 1.14. The molecule has 0 aliphatic carbocycles. The van der Waals surface area contributed by atoms with Gasteiger partial charge in [0.25, 0.3) is 6.01 Å². The Balaban J connectivity index is 1.55. The van der Waals surface area contributed by atoms with E-state index in [4.69, 9.17) is 13.9 Å². The summed E-state index contributed by atoms with van der Waals surface area (Å²) in [5, 5.41) is 11.2. The Morgan fingerprint density at radius 1 is 1.04 bits per heavy atom. The van der Waals surface area contributed by atoms with Crippen molar-refractivity contribution in [3.63, 3.8) is 0 Å². The molecule has 4 rings (SSSR count). The normalized spacial score (nSPS) is 16.7. The van der Waals surface area contributed by atoms with Crippen LogP contribution in [0.3, 0.4) is 0 Å². The Morgan fingerprint density at radius 3 is 2.31 bits per heavy atom. The monoisotopic (exact) mass is 354 g/mol. The van der Waals surface area contributed by atoms with Gasteiger partial charge in [-0.3, -0.25) is 0 Å². The molecular formula is C20H22N2O4. The molecule has 0 unspecified atom stereocenters. The smallest absolute Gasteiger partial charge is 0.298 e. The number of hydrogen-bond acceptors (Lipinski definition) is 6. The number of anilines is 1. The second-order valence-electron chi connectivity index (χ2n) is 6.58. The van der Waals surface area contributed by atoms with Gasteiger partial charge in [0, 0.05) is 19.2 Å². The molecular weight excluding hydrogens is 332 g/mol. The van der Waals surface area contributed by atoms with Crippen molar-refractivity contribution < 1.29 is 19.0 Å². The van der Waals surface area contributed by atoms with Crippen molar-refractivity contribution in [2.75, 3.05) is 32.2 Å². The van der Waals surface area contributed by atoms with Gasteiger partial charge in [-0.05, 0) is 42.7 Å². The minimum Gasteiger partial charge on any atom is -0.497 e. The maximum atomic E-state index is 11.2. The lowest BCUT2D eigenvalue weighted by molar-refractivity contribution is 0.0107. The number of hydrogen-bond donors (Lipinski definition) is 1. The highest BCUT2D eigenvalue weighted by Crippen LogP contribution is 2.38. The molecule has 0 spiro atoms. The van der Waals surface area contributed by atoms with E-state index < -0.39 is 5.60 Å². The summed E-state index contributed by atoms with van der Waals surface area (Å²) in [7, 11) is 3.22. The zero-order chi connectivity index (χ0) is 18.1. The fourth-order valence-corrected chi connectivity index (χ4v) is 3.43. The first-order valence-electron chi connectivity index (χ1n) is 8.68. The minimum absolute atomic E-state index is 0.571. The number of para-hydroxylation sites is 2. The van der Waals surface area contributed by atoms with Crippen LogP contribution in [0.25, 0.3) is 11.1 Å². The summed E-state index contributed by atoms with van der Waals surface area (Å²) in [6.45, 7) is 1.31. The van der Waals surface area contributed by atoms with Crippen LogP contribution in [0.1, 0.15) is 18.4 Å². The molecule has 6 nitrogen and oxygen atoms in total. The topological polar surface area (TPSA) is 68.0 Å². The predicted molar refractivity (Wildman–Crippen MR) is 98.9 cm³/mol. The van der Waals surface area contributed by atoms with E-state index in [1.165, 1.54) is 0 Å². The lowest BCUT2D eigenvalue weighted by Gasteiger charge is -2.38. The van der Waals surface area contributed by atoms with E-state index in [2.05, 4.69) is 9.88 Å². The summed E-state index contributed by atoms with van der Waals surface area (Å²) in [5.41, 5.74) is 1.51. The molecule has 1 N–H and O–H groups in total. The van der Waals surface area contributed by atoms with Crippen LogP contribution in [0.4, 0.5) is 6.01 Å². The Labute approximate surface area is 152 Å². The van der Waals surface area contributed by atoms with E-state index in [9.17, 15) is 5.11 Å². The largest absolute Gasteiger partial charge is 0.497 e. The van der Waals surface area contributed by atoms with Gasteiger partial charge in [0.1, 0.15) is 17.0 Å². The maximum absolute atomic E-state index is 11.2. The molecule has 0 radical (unpaired) electrons. The molecule has 0 amide bonds. The van der Waals surface area contributed by atoms with Gasteiger partial charge < -0.3 is 23.9 Å². The third-order valence-corrected chi connectivity index (χ3v) is 5.03. The summed E-state index contributed by atoms with van der Waals surface area (Å²) in [6, 6.07) is 13.9. The Hall–Kier alpha value is -2.73. The second kappa shape index (κ2) is 6.53. The van der Waals surface area contributed by atoms with Gasteiger partial charge in [0.2, 0.25) is 0 Å². The lowest BCUT2D eigenvalue weighted by Crippen LogP contribution is -2.42. The van der Waals surface area contributed by atoms with Crippen LogP contribution in [-0.4, -0.2) is 37.4 Å². The van der Waals surface area contributed by atoms with Crippen molar-refractivity contribution >= 4 is 17.1 Å². The number of oxazole rings is 1. The van der Waals surface area contributed by atoms with Gasteiger partial charge in [0.15, 0.2) is 5.58 Å². The number of benzene rings is 2. The van der Waals surface area contributed by atoms with Gasteiger partial charge in [-0.2, -0.15) is 4.98 Å². The highest BCUT2D eigenvalue weighted by atomic mass is 16.5. The first kappa shape index (κ1) is 16.7. The average Bonchev–Trinajstić information content (AvgIpc) is 3.12. The molecule has 26 heavy (non-hydrogen) atoms. The lowest BCUT2D eigenvalue weighted by atomic mass is 9.84. The number of nitrogens with zero attached hydrogens (tertiary/aromatic N) is 2. The van der Waals surface area contributed by atoms with Crippen LogP contribution < -0.4 is 14.4 Å². The van der Waals surface area contributed by atoms with Crippen molar-refractivity contribution in [1.82, 2.24) is 4.98 Å². The zero-order valence-electron chi connectivity index (χ0n) is 14.9. The molecule has 0 bridgehead atoms. The molecule has 0 atom stereocenters. The third kappa shape index (κ3) is 2.97. The summed E-state index contributed by atoms with van der Waals surface area (Å²) in [4.78, 5) is 6.62. The molecule has 2 heterocycles. The highest BCUT2D eigenvalue weighted by Gasteiger charge is 2.36. The molecule has 136 valence electrons. The molecule has 0 saturated carbocycles. The number of piperidine rings is 1. The average molecular weight is 354 g/mol. The zero-order valence-corrected chi connectivity index (χ0v) is 14.9. The van der Waals surface area contributed by atoms with Crippen LogP contribution in [0.5, 0.6) is 11.5 Å². The Kier molecular flexibility index (Phi) is 4.20. The second-order valence-corrected chi connectivity index (χ2v) is 6.58. The molecule has 1 aliphatic heterocycles. The fraction of sp³-hybridized carbons (Fsp3) is 0.350. The number of rotatable bonds is 4. The molecule has 3 aromatic rings. The molecule has 6 heteroatoms. The molecule has 1 fully saturated rings. The van der Waals surface area contributed by atoms with Crippen molar-refractivity contribution in [2.45, 2.75) is 18.4 Å². The molecule has 2 aromatic carbocycles. The first-order valence-corrected chi connectivity index (χ1v) is 8.68. The predicted octanol–water partition coefficient (Wildman–Crippen LogP) is 3.33. The number of aromatic nitrogens is 1. The van der Waals surface area contributed by atoms with E-state index in [-0.39, 0.29) is 0 Å². The van der Waals surface area contributed by atoms with Crippen LogP contribution in [0.15, 0.2) is 46.9 Å². The third-order valence-electron chi connectivity index (χ3n) is 5.03. The minimum atomic E-state index is -0.926. The van der Waals surface area contributed by atoms with Crippen molar-refractivity contribution in [3.05, 3.63) is 48.0 Å². The van der Waals surface area contributed by atoms with E-state index in [0.717, 1.165) is 16.7 Å². The molecule has 1 aliphatic rings. The van der Waals surface area contributed by atoms with Crippen LogP contribution >= 0.6 is 0 Å². The summed E-state index contributed by atoms with van der Waals surface area (Å²) < 4.78 is 16.5. The van der Waals surface area contributed by atoms with E-state index in [1.54, 1.807) is 20.3 Å². The van der Waals surface area contributed by atoms with Crippen LogP contribution in [0, 0.1) is 0 Å².